The molecule has 0 aliphatic heterocycles. The van der Waals surface area contributed by atoms with Crippen LogP contribution in [-0.2, 0) is 0 Å². The first-order valence-corrected chi connectivity index (χ1v) is 8.42. The maximum Gasteiger partial charge on any atom is 0.283 e. The molecule has 10 heteroatoms. The number of carbonyl (C=O) groups is 1. The molecule has 2 aromatic heterocycles. The number of carbonyl (C=O) groups excluding carboxylic acids is 1. The Morgan fingerprint density at radius 3 is 2.59 bits per heavy atom. The van der Waals surface area contributed by atoms with Gasteiger partial charge < -0.3 is 0 Å². The van der Waals surface area contributed by atoms with E-state index in [4.69, 9.17) is 0 Å². The summed E-state index contributed by atoms with van der Waals surface area (Å²) in [6, 6.07) is 9.37. The first kappa shape index (κ1) is 18.1. The van der Waals surface area contributed by atoms with Crippen molar-refractivity contribution in [2.24, 2.45) is 5.10 Å². The van der Waals surface area contributed by atoms with E-state index in [2.05, 4.69) is 25.5 Å². The van der Waals surface area contributed by atoms with Gasteiger partial charge in [-0.05, 0) is 36.0 Å². The molecule has 0 spiro atoms. The van der Waals surface area contributed by atoms with Gasteiger partial charge in [0.1, 0.15) is 0 Å². The fourth-order valence-corrected chi connectivity index (χ4v) is 2.81. The summed E-state index contributed by atoms with van der Waals surface area (Å²) in [7, 11) is 0. The van der Waals surface area contributed by atoms with Crippen molar-refractivity contribution in [2.45, 2.75) is 10.1 Å². The molecule has 1 N–H and O–H groups in total. The van der Waals surface area contributed by atoms with E-state index in [9.17, 15) is 14.9 Å². The van der Waals surface area contributed by atoms with E-state index in [1.54, 1.807) is 42.7 Å². The van der Waals surface area contributed by atoms with Crippen LogP contribution >= 0.6 is 11.8 Å². The van der Waals surface area contributed by atoms with Crippen molar-refractivity contribution in [1.29, 1.82) is 0 Å². The first-order chi connectivity index (χ1) is 13.1. The number of rotatable bonds is 6. The second-order valence-electron chi connectivity index (χ2n) is 5.05. The van der Waals surface area contributed by atoms with E-state index in [0.717, 1.165) is 11.8 Å². The van der Waals surface area contributed by atoms with Gasteiger partial charge in [-0.3, -0.25) is 19.9 Å². The molecule has 27 heavy (non-hydrogen) atoms. The Labute approximate surface area is 157 Å². The predicted molar refractivity (Wildman–Crippen MR) is 98.5 cm³/mol. The number of nitro groups is 1. The van der Waals surface area contributed by atoms with Crippen LogP contribution in [-0.4, -0.2) is 32.0 Å². The summed E-state index contributed by atoms with van der Waals surface area (Å²) in [5.41, 5.74) is 3.13. The molecule has 0 saturated heterocycles. The number of hydrogen-bond donors (Lipinski definition) is 1. The third-order valence-corrected chi connectivity index (χ3v) is 4.20. The van der Waals surface area contributed by atoms with Gasteiger partial charge in [0.2, 0.25) is 0 Å². The molecule has 0 atom stereocenters. The van der Waals surface area contributed by atoms with Crippen molar-refractivity contribution in [3.05, 3.63) is 82.4 Å². The number of benzene rings is 1. The van der Waals surface area contributed by atoms with Crippen LogP contribution in [0.25, 0.3) is 0 Å². The number of hydrogen-bond acceptors (Lipinski definition) is 8. The number of nitrogens with zero attached hydrogens (tertiary/aromatic N) is 5. The summed E-state index contributed by atoms with van der Waals surface area (Å²) in [6.45, 7) is 0. The van der Waals surface area contributed by atoms with Gasteiger partial charge >= 0.3 is 0 Å². The van der Waals surface area contributed by atoms with Gasteiger partial charge in [-0.15, -0.1) is 0 Å². The SMILES string of the molecule is O=C(N/N=C\c1ccc(Sc2ncccn2)c([N+](=O)[O-])c1)c1ccncc1. The summed E-state index contributed by atoms with van der Waals surface area (Å²) >= 11 is 1.09. The molecular formula is C17H12N6O3S. The minimum absolute atomic E-state index is 0.100. The van der Waals surface area contributed by atoms with Crippen LogP contribution in [0.1, 0.15) is 15.9 Å². The fraction of sp³-hybridized carbons (Fsp3) is 0. The lowest BCUT2D eigenvalue weighted by atomic mass is 10.2. The second kappa shape index (κ2) is 8.63. The molecule has 3 aromatic rings. The van der Waals surface area contributed by atoms with Crippen molar-refractivity contribution in [2.75, 3.05) is 0 Å². The van der Waals surface area contributed by atoms with E-state index in [1.165, 1.54) is 24.7 Å². The molecule has 1 aromatic carbocycles. The molecule has 0 fully saturated rings. The summed E-state index contributed by atoms with van der Waals surface area (Å²) in [5.74, 6) is -0.406. The third kappa shape index (κ3) is 4.92. The summed E-state index contributed by atoms with van der Waals surface area (Å²) < 4.78 is 0. The van der Waals surface area contributed by atoms with E-state index < -0.39 is 10.8 Å². The highest BCUT2D eigenvalue weighted by Crippen LogP contribution is 2.33. The van der Waals surface area contributed by atoms with E-state index >= 15 is 0 Å². The standard InChI is InChI=1S/C17H12N6O3S/c24-16(13-4-8-18-9-5-13)22-21-11-12-2-3-15(14(10-12)23(25)26)27-17-19-6-1-7-20-17/h1-11H,(H,22,24)/b21-11-. The Morgan fingerprint density at radius 2 is 1.89 bits per heavy atom. The summed E-state index contributed by atoms with van der Waals surface area (Å²) in [6.07, 6.45) is 7.45. The molecular weight excluding hydrogens is 368 g/mol. The van der Waals surface area contributed by atoms with Crippen LogP contribution in [0, 0.1) is 10.1 Å². The minimum Gasteiger partial charge on any atom is -0.267 e. The molecule has 1 amide bonds. The number of nitro benzene ring substituents is 1. The second-order valence-corrected chi connectivity index (χ2v) is 6.06. The minimum atomic E-state index is -0.488. The van der Waals surface area contributed by atoms with Crippen molar-refractivity contribution in [1.82, 2.24) is 20.4 Å². The maximum atomic E-state index is 11.9. The Hall–Kier alpha value is -3.66. The van der Waals surface area contributed by atoms with Crippen LogP contribution in [0.5, 0.6) is 0 Å². The largest absolute Gasteiger partial charge is 0.283 e. The number of amides is 1. The zero-order valence-electron chi connectivity index (χ0n) is 13.7. The van der Waals surface area contributed by atoms with E-state index in [1.807, 2.05) is 0 Å². The maximum absolute atomic E-state index is 11.9. The lowest BCUT2D eigenvalue weighted by molar-refractivity contribution is -0.387. The smallest absolute Gasteiger partial charge is 0.267 e. The van der Waals surface area contributed by atoms with E-state index in [0.29, 0.717) is 21.2 Å². The zero-order chi connectivity index (χ0) is 19.1. The number of nitrogens with one attached hydrogen (secondary N) is 1. The fourth-order valence-electron chi connectivity index (χ4n) is 2.01. The monoisotopic (exact) mass is 380 g/mol. The molecule has 3 rings (SSSR count). The third-order valence-electron chi connectivity index (χ3n) is 3.25. The van der Waals surface area contributed by atoms with Gasteiger partial charge in [0.15, 0.2) is 5.16 Å². The number of pyridine rings is 1. The van der Waals surface area contributed by atoms with Crippen molar-refractivity contribution < 1.29 is 9.72 Å². The topological polar surface area (TPSA) is 123 Å². The molecule has 0 aliphatic rings. The molecule has 0 saturated carbocycles. The quantitative estimate of drug-likeness (QED) is 0.302. The van der Waals surface area contributed by atoms with Crippen LogP contribution in [0.2, 0.25) is 0 Å². The highest BCUT2D eigenvalue weighted by atomic mass is 32.2. The number of hydrazone groups is 1. The average molecular weight is 380 g/mol. The Morgan fingerprint density at radius 1 is 1.15 bits per heavy atom. The van der Waals surface area contributed by atoms with Gasteiger partial charge in [0, 0.05) is 42.0 Å². The van der Waals surface area contributed by atoms with Crippen LogP contribution < -0.4 is 5.43 Å². The summed E-state index contributed by atoms with van der Waals surface area (Å²) in [5, 5.41) is 15.6. The highest BCUT2D eigenvalue weighted by Gasteiger charge is 2.16. The zero-order valence-corrected chi connectivity index (χ0v) is 14.5. The van der Waals surface area contributed by atoms with E-state index in [-0.39, 0.29) is 5.69 Å². The highest BCUT2D eigenvalue weighted by molar-refractivity contribution is 7.99. The van der Waals surface area contributed by atoms with Crippen LogP contribution in [0.4, 0.5) is 5.69 Å². The molecule has 9 nitrogen and oxygen atoms in total. The van der Waals surface area contributed by atoms with Gasteiger partial charge in [0.25, 0.3) is 11.6 Å². The van der Waals surface area contributed by atoms with Crippen molar-refractivity contribution in [3.63, 3.8) is 0 Å². The van der Waals surface area contributed by atoms with Gasteiger partial charge in [-0.25, -0.2) is 15.4 Å². The Balaban J connectivity index is 1.74. The lowest BCUT2D eigenvalue weighted by Crippen LogP contribution is -2.17. The molecule has 0 aliphatic carbocycles. The molecule has 0 unspecified atom stereocenters. The van der Waals surface area contributed by atoms with Crippen molar-refractivity contribution >= 4 is 29.6 Å². The average Bonchev–Trinajstić information content (AvgIpc) is 2.70. The first-order valence-electron chi connectivity index (χ1n) is 7.60. The summed E-state index contributed by atoms with van der Waals surface area (Å²) in [4.78, 5) is 35.1. The molecule has 2 heterocycles. The Kier molecular flexibility index (Phi) is 5.80. The van der Waals surface area contributed by atoms with Gasteiger partial charge in [-0.2, -0.15) is 5.10 Å². The van der Waals surface area contributed by atoms with Crippen LogP contribution in [0.3, 0.4) is 0 Å². The normalized spacial score (nSPS) is 10.7. The van der Waals surface area contributed by atoms with Gasteiger partial charge in [-0.1, -0.05) is 6.07 Å². The molecule has 134 valence electrons. The van der Waals surface area contributed by atoms with Gasteiger partial charge in [0.05, 0.1) is 16.0 Å². The number of aromatic nitrogens is 3. The molecule has 0 bridgehead atoms. The van der Waals surface area contributed by atoms with Crippen LogP contribution in [0.15, 0.2) is 76.3 Å². The predicted octanol–water partition coefficient (Wildman–Crippen LogP) is 2.69. The Bertz CT molecular complexity index is 982. The van der Waals surface area contributed by atoms with Crippen molar-refractivity contribution in [3.8, 4) is 0 Å². The lowest BCUT2D eigenvalue weighted by Gasteiger charge is -2.03. The molecule has 0 radical (unpaired) electrons.